The van der Waals surface area contributed by atoms with E-state index in [1.165, 1.54) is 11.1 Å². The van der Waals surface area contributed by atoms with Crippen molar-refractivity contribution in [3.63, 3.8) is 0 Å². The second-order valence-corrected chi connectivity index (χ2v) is 11.2. The highest BCUT2D eigenvalue weighted by Gasteiger charge is 2.69. The van der Waals surface area contributed by atoms with E-state index >= 15 is 0 Å². The van der Waals surface area contributed by atoms with Crippen LogP contribution in [0.25, 0.3) is 0 Å². The minimum Gasteiger partial charge on any atom is -0.321 e. The SMILES string of the molecule is CC1=C(C)C2(C)C(C(=O)[C@@H](N)Cc3ccccc3)C(/C=N\C(=O)[C@@H](N)Cc3ccccc3)C1(C)C2C. The molecule has 2 aromatic carbocycles. The number of aliphatic imine (C=N–C) groups is 1. The summed E-state index contributed by atoms with van der Waals surface area (Å²) in [5.41, 5.74) is 16.7. The second kappa shape index (κ2) is 9.87. The first kappa shape index (κ1) is 26.2. The fourth-order valence-electron chi connectivity index (χ4n) is 6.96. The van der Waals surface area contributed by atoms with Crippen LogP contribution in [-0.2, 0) is 22.4 Å². The number of ketones is 1. The van der Waals surface area contributed by atoms with Crippen molar-refractivity contribution in [1.29, 1.82) is 0 Å². The molecule has 1 amide bonds. The van der Waals surface area contributed by atoms with Crippen LogP contribution in [-0.4, -0.2) is 30.0 Å². The van der Waals surface area contributed by atoms with Gasteiger partial charge >= 0.3 is 0 Å². The smallest absolute Gasteiger partial charge is 0.262 e. The molecule has 2 aliphatic rings. The number of rotatable bonds is 8. The Labute approximate surface area is 215 Å². The van der Waals surface area contributed by atoms with Crippen LogP contribution in [0.2, 0.25) is 0 Å². The van der Waals surface area contributed by atoms with Crippen LogP contribution in [0.3, 0.4) is 0 Å². The van der Waals surface area contributed by atoms with E-state index < -0.39 is 12.1 Å². The topological polar surface area (TPSA) is 98.5 Å². The largest absolute Gasteiger partial charge is 0.321 e. The van der Waals surface area contributed by atoms with Gasteiger partial charge in [-0.25, -0.2) is 4.99 Å². The molecule has 2 bridgehead atoms. The molecule has 1 fully saturated rings. The number of hydrogen-bond donors (Lipinski definition) is 2. The maximum atomic E-state index is 14.0. The van der Waals surface area contributed by atoms with Gasteiger partial charge < -0.3 is 11.5 Å². The van der Waals surface area contributed by atoms with Gasteiger partial charge in [-0.2, -0.15) is 0 Å². The molecule has 5 nitrogen and oxygen atoms in total. The van der Waals surface area contributed by atoms with E-state index in [0.29, 0.717) is 12.8 Å². The van der Waals surface area contributed by atoms with Gasteiger partial charge in [-0.3, -0.25) is 9.59 Å². The zero-order valence-electron chi connectivity index (χ0n) is 22.1. The number of hydrogen-bond acceptors (Lipinski definition) is 4. The minimum atomic E-state index is -0.726. The minimum absolute atomic E-state index is 0.0428. The normalized spacial score (nSPS) is 31.1. The molecule has 0 aliphatic heterocycles. The fraction of sp³-hybridized carbons (Fsp3) is 0.452. The number of carbonyl (C=O) groups excluding carboxylic acids is 2. The maximum Gasteiger partial charge on any atom is 0.262 e. The first-order valence-corrected chi connectivity index (χ1v) is 12.9. The van der Waals surface area contributed by atoms with E-state index in [1.54, 1.807) is 6.21 Å². The number of nitrogens with zero attached hydrogens (tertiary/aromatic N) is 1. The van der Waals surface area contributed by atoms with Crippen molar-refractivity contribution in [2.45, 2.75) is 59.5 Å². The average molecular weight is 486 g/mol. The zero-order valence-corrected chi connectivity index (χ0v) is 22.1. The van der Waals surface area contributed by atoms with Crippen molar-refractivity contribution in [3.8, 4) is 0 Å². The highest BCUT2D eigenvalue weighted by atomic mass is 16.1. The maximum absolute atomic E-state index is 14.0. The first-order chi connectivity index (χ1) is 17.0. The third-order valence-electron chi connectivity index (χ3n) is 9.62. The van der Waals surface area contributed by atoms with E-state index in [-0.39, 0.29) is 40.3 Å². The molecule has 0 saturated heterocycles. The Hall–Kier alpha value is -2.89. The Balaban J connectivity index is 1.62. The summed E-state index contributed by atoms with van der Waals surface area (Å²) in [6.45, 7) is 10.9. The van der Waals surface area contributed by atoms with E-state index in [9.17, 15) is 9.59 Å². The predicted molar refractivity (Wildman–Crippen MR) is 145 cm³/mol. The zero-order chi connectivity index (χ0) is 26.3. The number of Topliss-reactive ketones (excluding diaryl/α,β-unsaturated/α-hetero) is 1. The fourth-order valence-corrected chi connectivity index (χ4v) is 6.96. The third-order valence-corrected chi connectivity index (χ3v) is 9.62. The van der Waals surface area contributed by atoms with Crippen LogP contribution < -0.4 is 11.5 Å². The van der Waals surface area contributed by atoms with Crippen molar-refractivity contribution in [1.82, 2.24) is 0 Å². The molecule has 2 aromatic rings. The summed E-state index contributed by atoms with van der Waals surface area (Å²) in [7, 11) is 0. The molecule has 5 heteroatoms. The third kappa shape index (κ3) is 4.18. The average Bonchev–Trinajstić information content (AvgIpc) is 3.13. The molecule has 5 unspecified atom stereocenters. The van der Waals surface area contributed by atoms with Gasteiger partial charge in [0, 0.05) is 28.9 Å². The second-order valence-electron chi connectivity index (χ2n) is 11.2. The first-order valence-electron chi connectivity index (χ1n) is 12.9. The Bertz CT molecular complexity index is 1190. The van der Waals surface area contributed by atoms with Gasteiger partial charge in [0.15, 0.2) is 5.78 Å². The quantitative estimate of drug-likeness (QED) is 0.424. The van der Waals surface area contributed by atoms with E-state index in [4.69, 9.17) is 11.5 Å². The Morgan fingerprint density at radius 2 is 1.33 bits per heavy atom. The lowest BCUT2D eigenvalue weighted by Gasteiger charge is -2.40. The summed E-state index contributed by atoms with van der Waals surface area (Å²) in [6, 6.07) is 18.2. The molecule has 0 spiro atoms. The standard InChI is InChI=1S/C31H39N3O2/c1-19-20(2)31(5)21(3)30(19,4)24(18-34-29(36)26(33)17-23-14-10-7-11-15-23)27(31)28(35)25(32)16-22-12-8-6-9-13-22/h6-15,18,21,24-27H,16-17,32-33H2,1-5H3/b34-18-/t21?,24?,25-,26-,27?,30?,31?/m0/s1. The van der Waals surface area contributed by atoms with Crippen LogP contribution >= 0.6 is 0 Å². The summed E-state index contributed by atoms with van der Waals surface area (Å²) in [5.74, 6) is -0.667. The van der Waals surface area contributed by atoms with Crippen molar-refractivity contribution in [2.24, 2.45) is 45.0 Å². The summed E-state index contributed by atoms with van der Waals surface area (Å²) in [6.07, 6.45) is 2.64. The van der Waals surface area contributed by atoms with Gasteiger partial charge in [0.1, 0.15) is 0 Å². The molecule has 36 heavy (non-hydrogen) atoms. The van der Waals surface area contributed by atoms with Crippen LogP contribution in [0.4, 0.5) is 0 Å². The van der Waals surface area contributed by atoms with Gasteiger partial charge in [0.25, 0.3) is 5.91 Å². The van der Waals surface area contributed by atoms with Crippen LogP contribution in [0, 0.1) is 28.6 Å². The molecule has 0 aromatic heterocycles. The van der Waals surface area contributed by atoms with Crippen LogP contribution in [0.15, 0.2) is 76.8 Å². The van der Waals surface area contributed by atoms with Gasteiger partial charge in [-0.15, -0.1) is 0 Å². The summed E-state index contributed by atoms with van der Waals surface area (Å²) >= 11 is 0. The number of amides is 1. The Morgan fingerprint density at radius 3 is 1.86 bits per heavy atom. The lowest BCUT2D eigenvalue weighted by Crippen LogP contribution is -2.47. The Morgan fingerprint density at radius 1 is 0.861 bits per heavy atom. The summed E-state index contributed by atoms with van der Waals surface area (Å²) < 4.78 is 0. The number of nitrogens with two attached hydrogens (primary N) is 2. The monoisotopic (exact) mass is 485 g/mol. The number of carbonyl (C=O) groups is 2. The lowest BCUT2D eigenvalue weighted by atomic mass is 9.63. The molecule has 4 rings (SSSR count). The van der Waals surface area contributed by atoms with Crippen molar-refractivity contribution in [3.05, 3.63) is 82.9 Å². The number of fused-ring (bicyclic) bond motifs is 2. The number of benzene rings is 2. The predicted octanol–water partition coefficient (Wildman–Crippen LogP) is 4.54. The molecule has 0 heterocycles. The molecule has 0 radical (unpaired) electrons. The lowest BCUT2D eigenvalue weighted by molar-refractivity contribution is -0.128. The van der Waals surface area contributed by atoms with E-state index in [1.807, 2.05) is 60.7 Å². The number of allylic oxidation sites excluding steroid dienone is 2. The molecule has 1 saturated carbocycles. The van der Waals surface area contributed by atoms with E-state index in [2.05, 4.69) is 39.6 Å². The van der Waals surface area contributed by atoms with E-state index in [0.717, 1.165) is 11.1 Å². The van der Waals surface area contributed by atoms with Crippen molar-refractivity contribution in [2.75, 3.05) is 0 Å². The molecule has 7 atom stereocenters. The summed E-state index contributed by atoms with van der Waals surface area (Å²) in [5, 5.41) is 0. The van der Waals surface area contributed by atoms with Gasteiger partial charge in [0.05, 0.1) is 12.1 Å². The summed E-state index contributed by atoms with van der Waals surface area (Å²) in [4.78, 5) is 31.3. The molecule has 2 aliphatic carbocycles. The van der Waals surface area contributed by atoms with Crippen LogP contribution in [0.5, 0.6) is 0 Å². The van der Waals surface area contributed by atoms with Gasteiger partial charge in [-0.1, -0.05) is 92.6 Å². The van der Waals surface area contributed by atoms with Crippen LogP contribution in [0.1, 0.15) is 45.7 Å². The highest BCUT2D eigenvalue weighted by Crippen LogP contribution is 2.72. The molecular formula is C31H39N3O2. The molecule has 4 N–H and O–H groups in total. The van der Waals surface area contributed by atoms with Crippen molar-refractivity contribution < 1.29 is 9.59 Å². The Kier molecular flexibility index (Phi) is 7.18. The van der Waals surface area contributed by atoms with Gasteiger partial charge in [0.2, 0.25) is 0 Å². The highest BCUT2D eigenvalue weighted by molar-refractivity contribution is 5.95. The van der Waals surface area contributed by atoms with Gasteiger partial charge in [-0.05, 0) is 43.7 Å². The van der Waals surface area contributed by atoms with Crippen molar-refractivity contribution >= 4 is 17.9 Å². The molecule has 190 valence electrons. The molecular weight excluding hydrogens is 446 g/mol.